The number of carbonyl (C=O) groups is 1. The van der Waals surface area contributed by atoms with E-state index in [2.05, 4.69) is 22.3 Å². The van der Waals surface area contributed by atoms with Gasteiger partial charge in [0.05, 0.1) is 0 Å². The van der Waals surface area contributed by atoms with Crippen molar-refractivity contribution >= 4 is 5.91 Å². The van der Waals surface area contributed by atoms with Crippen LogP contribution in [-0.4, -0.2) is 34.0 Å². The molecular formula is C21H24F3N3O2. The zero-order valence-electron chi connectivity index (χ0n) is 16.4. The predicted molar refractivity (Wildman–Crippen MR) is 103 cm³/mol. The topological polar surface area (TPSA) is 54.3 Å². The lowest BCUT2D eigenvalue weighted by Gasteiger charge is -2.41. The number of nitrogens with one attached hydrogen (secondary N) is 1. The standard InChI is InChI=1S/C21H24F3N3O2/c1-20(2,27-11-9-15-6-3-4-7-16(15)12-27)14-25-18(28)13-26-10-5-8-17(19(26)29)21(22,23)24/h3-8,10H,9,11-14H2,1-2H3,(H,25,28). The minimum absolute atomic E-state index is 0.321. The molecule has 0 radical (unpaired) electrons. The maximum Gasteiger partial charge on any atom is 0.421 e. The molecule has 0 saturated carbocycles. The first kappa shape index (κ1) is 21.1. The van der Waals surface area contributed by atoms with Crippen molar-refractivity contribution in [2.24, 2.45) is 0 Å². The highest BCUT2D eigenvalue weighted by Crippen LogP contribution is 2.26. The third kappa shape index (κ3) is 4.87. The molecule has 0 bridgehead atoms. The second-order valence-corrected chi connectivity index (χ2v) is 7.88. The first-order valence-corrected chi connectivity index (χ1v) is 9.43. The molecule has 29 heavy (non-hydrogen) atoms. The number of carbonyl (C=O) groups excluding carboxylic acids is 1. The second kappa shape index (κ2) is 8.02. The van der Waals surface area contributed by atoms with Crippen molar-refractivity contribution in [2.75, 3.05) is 13.1 Å². The average molecular weight is 407 g/mol. The Labute approximate surface area is 167 Å². The van der Waals surface area contributed by atoms with Gasteiger partial charge in [0.15, 0.2) is 0 Å². The molecule has 2 aromatic rings. The first-order valence-electron chi connectivity index (χ1n) is 9.43. The van der Waals surface area contributed by atoms with E-state index < -0.39 is 29.8 Å². The summed E-state index contributed by atoms with van der Waals surface area (Å²) in [6.45, 7) is 5.51. The van der Waals surface area contributed by atoms with Gasteiger partial charge in [-0.25, -0.2) is 0 Å². The second-order valence-electron chi connectivity index (χ2n) is 7.88. The van der Waals surface area contributed by atoms with Gasteiger partial charge >= 0.3 is 6.18 Å². The molecule has 0 atom stereocenters. The molecular weight excluding hydrogens is 383 g/mol. The highest BCUT2D eigenvalue weighted by Gasteiger charge is 2.34. The molecule has 156 valence electrons. The minimum Gasteiger partial charge on any atom is -0.353 e. The van der Waals surface area contributed by atoms with Crippen LogP contribution in [0.5, 0.6) is 0 Å². The number of rotatable bonds is 5. The highest BCUT2D eigenvalue weighted by atomic mass is 19.4. The van der Waals surface area contributed by atoms with Crippen molar-refractivity contribution in [1.29, 1.82) is 0 Å². The fourth-order valence-corrected chi connectivity index (χ4v) is 3.53. The van der Waals surface area contributed by atoms with Gasteiger partial charge in [0.25, 0.3) is 5.56 Å². The lowest BCUT2D eigenvalue weighted by molar-refractivity contribution is -0.139. The van der Waals surface area contributed by atoms with Crippen LogP contribution < -0.4 is 10.9 Å². The zero-order chi connectivity index (χ0) is 21.2. The van der Waals surface area contributed by atoms with Crippen LogP contribution in [0.15, 0.2) is 47.4 Å². The Balaban J connectivity index is 1.62. The smallest absolute Gasteiger partial charge is 0.353 e. The van der Waals surface area contributed by atoms with Crippen molar-refractivity contribution in [3.05, 3.63) is 69.6 Å². The summed E-state index contributed by atoms with van der Waals surface area (Å²) >= 11 is 0. The molecule has 0 spiro atoms. The van der Waals surface area contributed by atoms with Gasteiger partial charge in [-0.3, -0.25) is 14.5 Å². The fraction of sp³-hybridized carbons (Fsp3) is 0.429. The number of nitrogens with zero attached hydrogens (tertiary/aromatic N) is 2. The summed E-state index contributed by atoms with van der Waals surface area (Å²) in [5.41, 5.74) is -0.259. The minimum atomic E-state index is -4.75. The Bertz CT molecular complexity index is 951. The lowest BCUT2D eigenvalue weighted by atomic mass is 9.94. The molecule has 3 rings (SSSR count). The van der Waals surface area contributed by atoms with Gasteiger partial charge in [-0.05, 0) is 43.5 Å². The van der Waals surface area contributed by atoms with E-state index in [0.29, 0.717) is 12.6 Å². The van der Waals surface area contributed by atoms with Crippen molar-refractivity contribution in [2.45, 2.75) is 45.1 Å². The number of amides is 1. The number of halogens is 3. The highest BCUT2D eigenvalue weighted by molar-refractivity contribution is 5.75. The molecule has 5 nitrogen and oxygen atoms in total. The van der Waals surface area contributed by atoms with Crippen LogP contribution in [0.1, 0.15) is 30.5 Å². The molecule has 1 amide bonds. The number of pyridine rings is 1. The number of fused-ring (bicyclic) bond motifs is 1. The van der Waals surface area contributed by atoms with E-state index in [-0.39, 0.29) is 5.54 Å². The Morgan fingerprint density at radius 2 is 1.79 bits per heavy atom. The molecule has 1 aliphatic rings. The molecule has 1 aliphatic heterocycles. The number of alkyl halides is 3. The van der Waals surface area contributed by atoms with E-state index in [4.69, 9.17) is 0 Å². The first-order chi connectivity index (χ1) is 13.6. The van der Waals surface area contributed by atoms with Crippen LogP contribution in [-0.2, 0) is 30.5 Å². The Hall–Kier alpha value is -2.61. The molecule has 0 aliphatic carbocycles. The van der Waals surface area contributed by atoms with E-state index >= 15 is 0 Å². The molecule has 1 aromatic heterocycles. The normalized spacial score (nSPS) is 15.1. The van der Waals surface area contributed by atoms with Gasteiger partial charge in [-0.15, -0.1) is 0 Å². The van der Waals surface area contributed by atoms with Crippen molar-refractivity contribution in [3.8, 4) is 0 Å². The van der Waals surface area contributed by atoms with Gasteiger partial charge in [0.2, 0.25) is 5.91 Å². The Kier molecular flexibility index (Phi) is 5.84. The van der Waals surface area contributed by atoms with Crippen molar-refractivity contribution < 1.29 is 18.0 Å². The van der Waals surface area contributed by atoms with E-state index in [0.717, 1.165) is 30.1 Å². The Morgan fingerprint density at radius 1 is 1.10 bits per heavy atom. The van der Waals surface area contributed by atoms with Crippen LogP contribution >= 0.6 is 0 Å². The van der Waals surface area contributed by atoms with Crippen LogP contribution in [0.25, 0.3) is 0 Å². The number of hydrogen-bond acceptors (Lipinski definition) is 3. The fourth-order valence-electron chi connectivity index (χ4n) is 3.53. The summed E-state index contributed by atoms with van der Waals surface area (Å²) < 4.78 is 39.4. The summed E-state index contributed by atoms with van der Waals surface area (Å²) in [5.74, 6) is -0.503. The van der Waals surface area contributed by atoms with Gasteiger partial charge < -0.3 is 9.88 Å². The number of aromatic nitrogens is 1. The SMILES string of the molecule is CC(C)(CNC(=O)Cn1cccc(C(F)(F)F)c1=O)N1CCc2ccccc2C1. The molecule has 0 unspecified atom stereocenters. The predicted octanol–water partition coefficient (Wildman–Crippen LogP) is 2.82. The van der Waals surface area contributed by atoms with Crippen LogP contribution in [0, 0.1) is 0 Å². The third-order valence-corrected chi connectivity index (χ3v) is 5.34. The van der Waals surface area contributed by atoms with Gasteiger partial charge in [0.1, 0.15) is 12.1 Å². The summed E-state index contributed by atoms with van der Waals surface area (Å²) in [7, 11) is 0. The van der Waals surface area contributed by atoms with E-state index in [1.54, 1.807) is 0 Å². The summed E-state index contributed by atoms with van der Waals surface area (Å²) in [4.78, 5) is 26.5. The summed E-state index contributed by atoms with van der Waals surface area (Å²) in [6, 6.07) is 10.1. The third-order valence-electron chi connectivity index (χ3n) is 5.34. The van der Waals surface area contributed by atoms with Crippen molar-refractivity contribution in [1.82, 2.24) is 14.8 Å². The molecule has 8 heteroatoms. The number of benzene rings is 1. The Morgan fingerprint density at radius 3 is 2.48 bits per heavy atom. The van der Waals surface area contributed by atoms with Gasteiger partial charge in [-0.1, -0.05) is 24.3 Å². The summed E-state index contributed by atoms with van der Waals surface area (Å²) in [6.07, 6.45) is -2.64. The zero-order valence-corrected chi connectivity index (χ0v) is 16.4. The monoisotopic (exact) mass is 407 g/mol. The molecule has 2 heterocycles. The maximum atomic E-state index is 12.9. The average Bonchev–Trinajstić information content (AvgIpc) is 2.67. The van der Waals surface area contributed by atoms with Gasteiger partial charge in [0, 0.05) is 31.4 Å². The van der Waals surface area contributed by atoms with Crippen LogP contribution in [0.4, 0.5) is 13.2 Å². The number of hydrogen-bond donors (Lipinski definition) is 1. The van der Waals surface area contributed by atoms with E-state index in [1.165, 1.54) is 17.3 Å². The molecule has 1 aromatic carbocycles. The van der Waals surface area contributed by atoms with Crippen LogP contribution in [0.2, 0.25) is 0 Å². The molecule has 0 fully saturated rings. The summed E-state index contributed by atoms with van der Waals surface area (Å²) in [5, 5.41) is 2.76. The van der Waals surface area contributed by atoms with Crippen molar-refractivity contribution in [3.63, 3.8) is 0 Å². The molecule has 0 saturated heterocycles. The largest absolute Gasteiger partial charge is 0.421 e. The van der Waals surface area contributed by atoms with Crippen LogP contribution in [0.3, 0.4) is 0 Å². The van der Waals surface area contributed by atoms with E-state index in [1.807, 2.05) is 26.0 Å². The molecule has 1 N–H and O–H groups in total. The maximum absolute atomic E-state index is 12.9. The lowest BCUT2D eigenvalue weighted by Crippen LogP contribution is -2.53. The van der Waals surface area contributed by atoms with E-state index in [9.17, 15) is 22.8 Å². The quantitative estimate of drug-likeness (QED) is 0.829. The van der Waals surface area contributed by atoms with Gasteiger partial charge in [-0.2, -0.15) is 13.2 Å².